The third kappa shape index (κ3) is 6.30. The molecule has 0 saturated carbocycles. The molecule has 4 rings (SSSR count). The number of ether oxygens (including phenoxy) is 1. The molecule has 0 saturated heterocycles. The lowest BCUT2D eigenvalue weighted by atomic mass is 9.69. The molecule has 0 spiro atoms. The van der Waals surface area contributed by atoms with Crippen molar-refractivity contribution in [2.24, 2.45) is 11.3 Å². The van der Waals surface area contributed by atoms with Crippen LogP contribution in [0.5, 0.6) is 5.75 Å². The minimum Gasteiger partial charge on any atom is -0.486 e. The lowest BCUT2D eigenvalue weighted by Crippen LogP contribution is -2.28. The Morgan fingerprint density at radius 2 is 2.13 bits per heavy atom. The van der Waals surface area contributed by atoms with Crippen LogP contribution >= 0.6 is 23.1 Å². The highest BCUT2D eigenvalue weighted by molar-refractivity contribution is 7.99. The molecular weight excluding hydrogens is 514 g/mol. The van der Waals surface area contributed by atoms with Crippen molar-refractivity contribution in [3.8, 4) is 11.8 Å². The maximum atomic E-state index is 12.9. The SMILES string of the molecule is C=CCn1c(COc2ccc(C)cc2)nnc1SCC(=O)Nc1sc2c(c1C#N)CCC(C(C)(C)CC)C2. The van der Waals surface area contributed by atoms with E-state index in [2.05, 4.69) is 48.9 Å². The molecule has 1 aromatic carbocycles. The summed E-state index contributed by atoms with van der Waals surface area (Å²) in [5, 5.41) is 22.7. The Kier molecular flexibility index (Phi) is 8.95. The number of carbonyl (C=O) groups excluding carboxylic acids is 1. The number of rotatable bonds is 11. The topological polar surface area (TPSA) is 92.8 Å². The Bertz CT molecular complexity index is 1330. The number of nitriles is 1. The fourth-order valence-electron chi connectivity index (χ4n) is 4.67. The Morgan fingerprint density at radius 3 is 2.82 bits per heavy atom. The Hall–Kier alpha value is -3.09. The fourth-order valence-corrected chi connectivity index (χ4v) is 6.73. The smallest absolute Gasteiger partial charge is 0.235 e. The molecule has 1 unspecified atom stereocenters. The van der Waals surface area contributed by atoms with Gasteiger partial charge in [-0.2, -0.15) is 5.26 Å². The van der Waals surface area contributed by atoms with Crippen LogP contribution in [0.25, 0.3) is 0 Å². The summed E-state index contributed by atoms with van der Waals surface area (Å²) in [6, 6.07) is 10.2. The summed E-state index contributed by atoms with van der Waals surface area (Å²) in [5.41, 5.74) is 3.17. The molecule has 0 bridgehead atoms. The molecule has 1 aliphatic rings. The number of aryl methyl sites for hydroxylation is 1. The molecule has 2 aromatic heterocycles. The zero-order valence-corrected chi connectivity index (χ0v) is 24.2. The number of nitrogens with one attached hydrogen (secondary N) is 1. The molecule has 1 N–H and O–H groups in total. The van der Waals surface area contributed by atoms with Gasteiger partial charge in [-0.3, -0.25) is 9.36 Å². The third-order valence-electron chi connectivity index (χ3n) is 7.47. The molecule has 200 valence electrons. The van der Waals surface area contributed by atoms with Gasteiger partial charge >= 0.3 is 0 Å². The van der Waals surface area contributed by atoms with Crippen LogP contribution in [-0.2, 0) is 30.8 Å². The van der Waals surface area contributed by atoms with Gasteiger partial charge in [0, 0.05) is 11.4 Å². The molecular formula is C29H35N5O2S2. The van der Waals surface area contributed by atoms with E-state index in [1.54, 1.807) is 17.4 Å². The Balaban J connectivity index is 1.40. The van der Waals surface area contributed by atoms with E-state index in [0.29, 0.717) is 34.0 Å². The first-order valence-electron chi connectivity index (χ1n) is 13.0. The maximum Gasteiger partial charge on any atom is 0.235 e. The van der Waals surface area contributed by atoms with E-state index in [1.165, 1.54) is 22.2 Å². The van der Waals surface area contributed by atoms with Crippen molar-refractivity contribution in [2.75, 3.05) is 11.1 Å². The average Bonchev–Trinajstić information content (AvgIpc) is 3.46. The monoisotopic (exact) mass is 549 g/mol. The first kappa shape index (κ1) is 27.9. The van der Waals surface area contributed by atoms with E-state index < -0.39 is 0 Å². The van der Waals surface area contributed by atoms with Crippen molar-refractivity contribution in [1.29, 1.82) is 5.26 Å². The van der Waals surface area contributed by atoms with Crippen molar-refractivity contribution in [1.82, 2.24) is 14.8 Å². The van der Waals surface area contributed by atoms with Gasteiger partial charge in [-0.05, 0) is 55.2 Å². The summed E-state index contributed by atoms with van der Waals surface area (Å²) in [6.45, 7) is 13.5. The maximum absolute atomic E-state index is 12.9. The molecule has 3 aromatic rings. The first-order valence-corrected chi connectivity index (χ1v) is 14.8. The van der Waals surface area contributed by atoms with Gasteiger partial charge in [0.05, 0.1) is 11.3 Å². The third-order valence-corrected chi connectivity index (χ3v) is 9.61. The number of amides is 1. The van der Waals surface area contributed by atoms with Crippen molar-refractivity contribution in [2.45, 2.75) is 71.7 Å². The number of benzene rings is 1. The minimum atomic E-state index is -0.166. The number of carbonyl (C=O) groups is 1. The number of fused-ring (bicyclic) bond motifs is 1. The van der Waals surface area contributed by atoms with Crippen LogP contribution in [0.3, 0.4) is 0 Å². The van der Waals surface area contributed by atoms with Crippen LogP contribution in [0, 0.1) is 29.6 Å². The lowest BCUT2D eigenvalue weighted by Gasteiger charge is -2.36. The number of allylic oxidation sites excluding steroid dienone is 1. The van der Waals surface area contributed by atoms with Crippen LogP contribution in [0.2, 0.25) is 0 Å². The predicted molar refractivity (Wildman–Crippen MR) is 154 cm³/mol. The standard InChI is InChI=1S/C29H35N5O2S2/c1-6-14-34-25(17-36-21-11-8-19(3)9-12-21)32-33-28(34)37-18-26(35)31-27-23(16-30)22-13-10-20(15-24(22)38-27)29(4,5)7-2/h6,8-9,11-12,20H,1,7,10,13-15,17-18H2,2-5H3,(H,31,35). The highest BCUT2D eigenvalue weighted by Gasteiger charge is 2.34. The Labute approximate surface area is 233 Å². The highest BCUT2D eigenvalue weighted by Crippen LogP contribution is 2.45. The van der Waals surface area contributed by atoms with E-state index in [0.717, 1.165) is 37.0 Å². The second kappa shape index (κ2) is 12.2. The molecule has 2 heterocycles. The van der Waals surface area contributed by atoms with Crippen LogP contribution < -0.4 is 10.1 Å². The number of thiophene rings is 1. The number of hydrogen-bond acceptors (Lipinski definition) is 7. The fraction of sp³-hybridized carbons (Fsp3) is 0.448. The molecule has 0 radical (unpaired) electrons. The van der Waals surface area contributed by atoms with E-state index in [-0.39, 0.29) is 23.7 Å². The second-order valence-corrected chi connectivity index (χ2v) is 12.4. The second-order valence-electron chi connectivity index (χ2n) is 10.3. The van der Waals surface area contributed by atoms with Gasteiger partial charge in [-0.15, -0.1) is 28.1 Å². The molecule has 1 amide bonds. The first-order chi connectivity index (χ1) is 18.2. The normalized spacial score (nSPS) is 15.0. The van der Waals surface area contributed by atoms with E-state index in [1.807, 2.05) is 35.8 Å². The van der Waals surface area contributed by atoms with E-state index in [9.17, 15) is 10.1 Å². The van der Waals surface area contributed by atoms with Gasteiger partial charge in [0.15, 0.2) is 11.0 Å². The summed E-state index contributed by atoms with van der Waals surface area (Å²) in [4.78, 5) is 14.2. The van der Waals surface area contributed by atoms with Crippen LogP contribution in [-0.4, -0.2) is 26.4 Å². The zero-order chi connectivity index (χ0) is 27.3. The molecule has 0 fully saturated rings. The lowest BCUT2D eigenvalue weighted by molar-refractivity contribution is -0.113. The molecule has 1 aliphatic carbocycles. The van der Waals surface area contributed by atoms with E-state index in [4.69, 9.17) is 4.74 Å². The number of aromatic nitrogens is 3. The van der Waals surface area contributed by atoms with Crippen molar-refractivity contribution >= 4 is 34.0 Å². The average molecular weight is 550 g/mol. The number of anilines is 1. The predicted octanol–water partition coefficient (Wildman–Crippen LogP) is 6.56. The van der Waals surface area contributed by atoms with Gasteiger partial charge in [0.1, 0.15) is 23.4 Å². The van der Waals surface area contributed by atoms with Crippen molar-refractivity contribution in [3.05, 3.63) is 64.3 Å². The van der Waals surface area contributed by atoms with Gasteiger partial charge in [0.25, 0.3) is 0 Å². The van der Waals surface area contributed by atoms with Gasteiger partial charge in [0.2, 0.25) is 5.91 Å². The molecule has 0 aliphatic heterocycles. The highest BCUT2D eigenvalue weighted by atomic mass is 32.2. The number of nitrogens with zero attached hydrogens (tertiary/aromatic N) is 4. The van der Waals surface area contributed by atoms with Gasteiger partial charge < -0.3 is 10.1 Å². The van der Waals surface area contributed by atoms with Crippen LogP contribution in [0.15, 0.2) is 42.1 Å². The molecule has 9 heteroatoms. The van der Waals surface area contributed by atoms with Crippen molar-refractivity contribution < 1.29 is 9.53 Å². The Morgan fingerprint density at radius 1 is 1.37 bits per heavy atom. The summed E-state index contributed by atoms with van der Waals surface area (Å²) >= 11 is 2.87. The molecule has 1 atom stereocenters. The number of thioether (sulfide) groups is 1. The molecule has 7 nitrogen and oxygen atoms in total. The summed E-state index contributed by atoms with van der Waals surface area (Å²) in [6.07, 6.45) is 5.84. The van der Waals surface area contributed by atoms with Crippen LogP contribution in [0.1, 0.15) is 61.0 Å². The molecule has 38 heavy (non-hydrogen) atoms. The van der Waals surface area contributed by atoms with Gasteiger partial charge in [-0.1, -0.05) is 62.7 Å². The minimum absolute atomic E-state index is 0.160. The summed E-state index contributed by atoms with van der Waals surface area (Å²) < 4.78 is 7.78. The van der Waals surface area contributed by atoms with Gasteiger partial charge in [-0.25, -0.2) is 0 Å². The largest absolute Gasteiger partial charge is 0.486 e. The van der Waals surface area contributed by atoms with E-state index >= 15 is 0 Å². The summed E-state index contributed by atoms with van der Waals surface area (Å²) in [7, 11) is 0. The van der Waals surface area contributed by atoms with Crippen LogP contribution in [0.4, 0.5) is 5.00 Å². The van der Waals surface area contributed by atoms with Crippen molar-refractivity contribution in [3.63, 3.8) is 0 Å². The quantitative estimate of drug-likeness (QED) is 0.215. The summed E-state index contributed by atoms with van der Waals surface area (Å²) in [5.74, 6) is 2.00. The zero-order valence-electron chi connectivity index (χ0n) is 22.5. The number of hydrogen-bond donors (Lipinski definition) is 1.